The fourth-order valence-electron chi connectivity index (χ4n) is 1.74. The Labute approximate surface area is 142 Å². The number of anilines is 2. The maximum Gasteiger partial charge on any atom is 0.314 e. The Kier molecular flexibility index (Phi) is 5.31. The summed E-state index contributed by atoms with van der Waals surface area (Å²) in [4.78, 5) is 23.9. The van der Waals surface area contributed by atoms with E-state index in [0.29, 0.717) is 15.8 Å². The highest BCUT2D eigenvalue weighted by atomic mass is 35.5. The number of halogens is 2. The summed E-state index contributed by atoms with van der Waals surface area (Å²) in [5, 5.41) is 14.9. The summed E-state index contributed by atoms with van der Waals surface area (Å²) in [5.74, 6) is -1.80. The van der Waals surface area contributed by atoms with Crippen LogP contribution in [0.4, 0.5) is 11.4 Å². The van der Waals surface area contributed by atoms with Gasteiger partial charge in [0.25, 0.3) is 0 Å². The fraction of sp³-hybridized carbons (Fsp3) is 0.0667. The maximum absolute atomic E-state index is 12.0. The van der Waals surface area contributed by atoms with Gasteiger partial charge in [-0.1, -0.05) is 23.2 Å². The average molecular weight is 355 g/mol. The number of carbonyl (C=O) groups is 2. The summed E-state index contributed by atoms with van der Waals surface area (Å²) < 4.78 is 5.07. The molecule has 0 spiro atoms. The third-order valence-electron chi connectivity index (χ3n) is 2.82. The lowest BCUT2D eigenvalue weighted by Crippen LogP contribution is -2.29. The number of amides is 2. The number of benzene rings is 2. The largest absolute Gasteiger partial charge is 0.506 e. The molecule has 0 heterocycles. The van der Waals surface area contributed by atoms with Gasteiger partial charge in [0.15, 0.2) is 0 Å². The van der Waals surface area contributed by atoms with Gasteiger partial charge in [-0.15, -0.1) is 0 Å². The Bertz CT molecular complexity index is 765. The molecule has 0 bridgehead atoms. The summed E-state index contributed by atoms with van der Waals surface area (Å²) in [6.07, 6.45) is 0. The van der Waals surface area contributed by atoms with Crippen molar-refractivity contribution in [1.29, 1.82) is 0 Å². The van der Waals surface area contributed by atoms with Crippen molar-refractivity contribution < 1.29 is 19.4 Å². The quantitative estimate of drug-likeness (QED) is 0.582. The van der Waals surface area contributed by atoms with Crippen molar-refractivity contribution in [2.24, 2.45) is 0 Å². The normalized spacial score (nSPS) is 10.0. The number of hydrogen-bond donors (Lipinski definition) is 3. The van der Waals surface area contributed by atoms with Crippen molar-refractivity contribution in [2.45, 2.75) is 0 Å². The van der Waals surface area contributed by atoms with Crippen LogP contribution >= 0.6 is 23.2 Å². The second kappa shape index (κ2) is 7.21. The van der Waals surface area contributed by atoms with Crippen molar-refractivity contribution in [3.05, 3.63) is 46.4 Å². The number of methoxy groups -OCH3 is 1. The summed E-state index contributed by atoms with van der Waals surface area (Å²) in [6.45, 7) is 0. The van der Waals surface area contributed by atoms with Gasteiger partial charge >= 0.3 is 11.8 Å². The van der Waals surface area contributed by atoms with E-state index < -0.39 is 11.8 Å². The van der Waals surface area contributed by atoms with E-state index in [9.17, 15) is 14.7 Å². The molecule has 8 heteroatoms. The first-order valence-electron chi connectivity index (χ1n) is 6.35. The van der Waals surface area contributed by atoms with Crippen molar-refractivity contribution in [3.63, 3.8) is 0 Å². The van der Waals surface area contributed by atoms with E-state index in [-0.39, 0.29) is 17.1 Å². The minimum absolute atomic E-state index is 0.0238. The Balaban J connectivity index is 2.13. The number of hydrogen-bond acceptors (Lipinski definition) is 4. The predicted octanol–water partition coefficient (Wildman–Crippen LogP) is 3.28. The van der Waals surface area contributed by atoms with E-state index in [0.717, 1.165) is 0 Å². The lowest BCUT2D eigenvalue weighted by atomic mass is 10.2. The van der Waals surface area contributed by atoms with Crippen LogP contribution in [-0.4, -0.2) is 24.0 Å². The molecule has 0 saturated carbocycles. The number of phenols is 1. The van der Waals surface area contributed by atoms with Crippen LogP contribution in [0.25, 0.3) is 0 Å². The van der Waals surface area contributed by atoms with Crippen LogP contribution in [0.3, 0.4) is 0 Å². The number of phenolic OH excluding ortho intramolecular Hbond substituents is 1. The highest BCUT2D eigenvalue weighted by molar-refractivity contribution is 6.44. The third-order valence-corrected chi connectivity index (χ3v) is 3.29. The van der Waals surface area contributed by atoms with Crippen molar-refractivity contribution in [3.8, 4) is 11.5 Å². The van der Waals surface area contributed by atoms with E-state index in [2.05, 4.69) is 10.6 Å². The minimum atomic E-state index is -0.982. The van der Waals surface area contributed by atoms with Gasteiger partial charge in [0.2, 0.25) is 0 Å². The van der Waals surface area contributed by atoms with Crippen molar-refractivity contribution >= 4 is 46.4 Å². The number of rotatable bonds is 3. The highest BCUT2D eigenvalue weighted by Crippen LogP contribution is 2.28. The predicted molar refractivity (Wildman–Crippen MR) is 88.4 cm³/mol. The molecular weight excluding hydrogens is 343 g/mol. The van der Waals surface area contributed by atoms with Gasteiger partial charge in [-0.05, 0) is 36.4 Å². The lowest BCUT2D eigenvalue weighted by Gasteiger charge is -2.11. The van der Waals surface area contributed by atoms with Crippen LogP contribution in [-0.2, 0) is 9.59 Å². The molecule has 0 aromatic heterocycles. The molecular formula is C15H12Cl2N2O4. The standard InChI is InChI=1S/C15H12Cl2N2O4/c1-23-13-5-3-9(17)7-11(13)19-15(22)14(21)18-10-6-8(16)2-4-12(10)20/h2-7,20H,1H3,(H,18,21)(H,19,22). The van der Waals surface area contributed by atoms with Gasteiger partial charge in [0, 0.05) is 10.0 Å². The molecule has 0 saturated heterocycles. The molecule has 6 nitrogen and oxygen atoms in total. The lowest BCUT2D eigenvalue weighted by molar-refractivity contribution is -0.133. The topological polar surface area (TPSA) is 87.7 Å². The number of ether oxygens (including phenoxy) is 1. The molecule has 0 aliphatic carbocycles. The number of aromatic hydroxyl groups is 1. The molecule has 0 fully saturated rings. The van der Waals surface area contributed by atoms with Crippen LogP contribution < -0.4 is 15.4 Å². The smallest absolute Gasteiger partial charge is 0.314 e. The molecule has 0 radical (unpaired) electrons. The fourth-order valence-corrected chi connectivity index (χ4v) is 2.09. The zero-order valence-electron chi connectivity index (χ0n) is 11.9. The molecule has 0 aliphatic heterocycles. The molecule has 120 valence electrons. The van der Waals surface area contributed by atoms with Gasteiger partial charge in [0.1, 0.15) is 11.5 Å². The summed E-state index contributed by atoms with van der Waals surface area (Å²) in [5.41, 5.74) is 0.270. The van der Waals surface area contributed by atoms with Crippen LogP contribution in [0, 0.1) is 0 Å². The Morgan fingerprint density at radius 1 is 0.957 bits per heavy atom. The van der Waals surface area contributed by atoms with Gasteiger partial charge in [-0.25, -0.2) is 0 Å². The molecule has 3 N–H and O–H groups in total. The van der Waals surface area contributed by atoms with Gasteiger partial charge < -0.3 is 20.5 Å². The Morgan fingerprint density at radius 2 is 1.48 bits per heavy atom. The average Bonchev–Trinajstić information content (AvgIpc) is 2.51. The monoisotopic (exact) mass is 354 g/mol. The molecule has 23 heavy (non-hydrogen) atoms. The summed E-state index contributed by atoms with van der Waals surface area (Å²) >= 11 is 11.6. The van der Waals surface area contributed by atoms with Gasteiger partial charge in [-0.3, -0.25) is 9.59 Å². The van der Waals surface area contributed by atoms with E-state index in [1.165, 1.54) is 31.4 Å². The first-order chi connectivity index (χ1) is 10.9. The molecule has 2 rings (SSSR count). The van der Waals surface area contributed by atoms with Crippen LogP contribution in [0.5, 0.6) is 11.5 Å². The zero-order chi connectivity index (χ0) is 17.0. The molecule has 2 aromatic rings. The van der Waals surface area contributed by atoms with Gasteiger partial charge in [-0.2, -0.15) is 0 Å². The zero-order valence-corrected chi connectivity index (χ0v) is 13.4. The summed E-state index contributed by atoms with van der Waals surface area (Å²) in [7, 11) is 1.42. The van der Waals surface area contributed by atoms with Crippen LogP contribution in [0.1, 0.15) is 0 Å². The van der Waals surface area contributed by atoms with Crippen molar-refractivity contribution in [1.82, 2.24) is 0 Å². The SMILES string of the molecule is COc1ccc(Cl)cc1NC(=O)C(=O)Nc1cc(Cl)ccc1O. The first kappa shape index (κ1) is 16.9. The Morgan fingerprint density at radius 3 is 2.09 bits per heavy atom. The highest BCUT2D eigenvalue weighted by Gasteiger charge is 2.18. The van der Waals surface area contributed by atoms with E-state index in [4.69, 9.17) is 27.9 Å². The molecule has 2 aromatic carbocycles. The van der Waals surface area contributed by atoms with E-state index in [1.54, 1.807) is 12.1 Å². The van der Waals surface area contributed by atoms with E-state index >= 15 is 0 Å². The van der Waals surface area contributed by atoms with Crippen LogP contribution in [0.15, 0.2) is 36.4 Å². The first-order valence-corrected chi connectivity index (χ1v) is 7.10. The van der Waals surface area contributed by atoms with Gasteiger partial charge in [0.05, 0.1) is 18.5 Å². The molecule has 0 atom stereocenters. The molecule has 0 unspecified atom stereocenters. The molecule has 2 amide bonds. The maximum atomic E-state index is 12.0. The molecule has 0 aliphatic rings. The number of nitrogens with one attached hydrogen (secondary N) is 2. The Hall–Kier alpha value is -2.44. The van der Waals surface area contributed by atoms with E-state index in [1.807, 2.05) is 0 Å². The van der Waals surface area contributed by atoms with Crippen molar-refractivity contribution in [2.75, 3.05) is 17.7 Å². The third kappa shape index (κ3) is 4.28. The summed E-state index contributed by atoms with van der Waals surface area (Å²) in [6, 6.07) is 8.66. The van der Waals surface area contributed by atoms with Crippen LogP contribution in [0.2, 0.25) is 10.0 Å². The second-order valence-electron chi connectivity index (χ2n) is 4.41. The minimum Gasteiger partial charge on any atom is -0.506 e. The number of carbonyl (C=O) groups excluding carboxylic acids is 2. The second-order valence-corrected chi connectivity index (χ2v) is 5.29.